The molecule has 2 N–H and O–H groups in total. The number of ether oxygens (including phenoxy) is 1. The minimum absolute atomic E-state index is 0.0629. The molecule has 0 bridgehead atoms. The highest BCUT2D eigenvalue weighted by molar-refractivity contribution is 5.90. The van der Waals surface area contributed by atoms with Gasteiger partial charge in [0.05, 0.1) is 19.3 Å². The number of halogens is 2. The summed E-state index contributed by atoms with van der Waals surface area (Å²) >= 11 is 0. The van der Waals surface area contributed by atoms with Crippen LogP contribution in [0.3, 0.4) is 0 Å². The number of nitrogens with zero attached hydrogens (tertiary/aromatic N) is 2. The number of benzene rings is 2. The van der Waals surface area contributed by atoms with E-state index in [4.69, 9.17) is 4.74 Å². The van der Waals surface area contributed by atoms with Crippen LogP contribution in [0.4, 0.5) is 13.6 Å². The molecule has 1 saturated carbocycles. The summed E-state index contributed by atoms with van der Waals surface area (Å²) in [5.74, 6) is -1.22. The van der Waals surface area contributed by atoms with E-state index in [9.17, 15) is 18.4 Å². The first kappa shape index (κ1) is 26.3. The third-order valence-electron chi connectivity index (χ3n) is 7.42. The fourth-order valence-electron chi connectivity index (χ4n) is 5.19. The molecule has 0 radical (unpaired) electrons. The molecule has 38 heavy (non-hydrogen) atoms. The van der Waals surface area contributed by atoms with Gasteiger partial charge in [0.25, 0.3) is 0 Å². The Balaban J connectivity index is 1.26. The van der Waals surface area contributed by atoms with Gasteiger partial charge in [0.2, 0.25) is 5.91 Å². The maximum absolute atomic E-state index is 14.6. The van der Waals surface area contributed by atoms with Crippen LogP contribution >= 0.6 is 0 Å². The van der Waals surface area contributed by atoms with Gasteiger partial charge in [-0.25, -0.2) is 13.6 Å². The third-order valence-corrected chi connectivity index (χ3v) is 7.42. The fourth-order valence-corrected chi connectivity index (χ4v) is 5.19. The smallest absolute Gasteiger partial charge is 0.315 e. The number of carbonyl (C=O) groups excluding carboxylic acids is 2. The molecule has 0 aromatic heterocycles. The second-order valence-corrected chi connectivity index (χ2v) is 10.2. The summed E-state index contributed by atoms with van der Waals surface area (Å²) in [7, 11) is 0. The van der Waals surface area contributed by atoms with Gasteiger partial charge in [0.1, 0.15) is 17.7 Å². The van der Waals surface area contributed by atoms with Gasteiger partial charge in [-0.05, 0) is 61.1 Å². The molecule has 3 amide bonds. The molecule has 202 valence electrons. The van der Waals surface area contributed by atoms with Crippen LogP contribution in [-0.4, -0.2) is 73.7 Å². The van der Waals surface area contributed by atoms with E-state index in [1.165, 1.54) is 0 Å². The lowest BCUT2D eigenvalue weighted by Gasteiger charge is -2.30. The summed E-state index contributed by atoms with van der Waals surface area (Å²) in [4.78, 5) is 30.6. The van der Waals surface area contributed by atoms with Crippen LogP contribution in [0.5, 0.6) is 0 Å². The van der Waals surface area contributed by atoms with E-state index in [1.54, 1.807) is 4.90 Å². The Kier molecular flexibility index (Phi) is 8.34. The number of rotatable bonds is 9. The Labute approximate surface area is 221 Å². The molecule has 1 saturated heterocycles. The van der Waals surface area contributed by atoms with Crippen molar-refractivity contribution in [3.63, 3.8) is 0 Å². The Bertz CT molecular complexity index is 1170. The van der Waals surface area contributed by atoms with Crippen molar-refractivity contribution in [1.82, 2.24) is 20.4 Å². The standard InChI is InChI=1S/C29H34F2N4O3/c30-23-9-10-25(31)24(18-23)22-17-26(20-5-2-1-3-6-20)35(19-22)28(36)27(21-7-8-21)33-29(37)32-11-4-12-34-13-15-38-16-14-34/h1-3,5-6,9-10,17-18,21,26-27H,4,7-8,11-16,19H2,(H2,32,33,37)/t26-,27-/m0/s1. The first-order chi connectivity index (χ1) is 18.5. The summed E-state index contributed by atoms with van der Waals surface area (Å²) in [5.41, 5.74) is 1.57. The molecule has 1 aliphatic carbocycles. The van der Waals surface area contributed by atoms with Crippen molar-refractivity contribution in [2.24, 2.45) is 5.92 Å². The highest BCUT2D eigenvalue weighted by Crippen LogP contribution is 2.39. The van der Waals surface area contributed by atoms with Crippen molar-refractivity contribution >= 4 is 17.5 Å². The largest absolute Gasteiger partial charge is 0.379 e. The van der Waals surface area contributed by atoms with E-state index in [0.29, 0.717) is 12.1 Å². The number of urea groups is 1. The quantitative estimate of drug-likeness (QED) is 0.491. The molecular weight excluding hydrogens is 490 g/mol. The first-order valence-corrected chi connectivity index (χ1v) is 13.4. The predicted molar refractivity (Wildman–Crippen MR) is 140 cm³/mol. The topological polar surface area (TPSA) is 73.9 Å². The van der Waals surface area contributed by atoms with E-state index >= 15 is 0 Å². The zero-order valence-corrected chi connectivity index (χ0v) is 21.4. The van der Waals surface area contributed by atoms with Crippen molar-refractivity contribution in [3.05, 3.63) is 77.4 Å². The van der Waals surface area contributed by atoms with Crippen LogP contribution < -0.4 is 10.6 Å². The van der Waals surface area contributed by atoms with E-state index in [2.05, 4.69) is 15.5 Å². The summed E-state index contributed by atoms with van der Waals surface area (Å²) in [6.07, 6.45) is 4.34. The average Bonchev–Trinajstić information content (AvgIpc) is 3.69. The van der Waals surface area contributed by atoms with Crippen LogP contribution in [0.2, 0.25) is 0 Å². The average molecular weight is 525 g/mol. The van der Waals surface area contributed by atoms with Crippen molar-refractivity contribution < 1.29 is 23.1 Å². The second kappa shape index (κ2) is 12.0. The fraction of sp³-hybridized carbons (Fsp3) is 0.448. The predicted octanol–water partition coefficient (Wildman–Crippen LogP) is 3.73. The zero-order valence-electron chi connectivity index (χ0n) is 21.4. The van der Waals surface area contributed by atoms with Gasteiger partial charge in [0, 0.05) is 31.7 Å². The van der Waals surface area contributed by atoms with Gasteiger partial charge < -0.3 is 20.3 Å². The minimum atomic E-state index is -0.675. The molecule has 5 rings (SSSR count). The Hall–Kier alpha value is -3.30. The normalized spacial score (nSPS) is 20.6. The van der Waals surface area contributed by atoms with Crippen LogP contribution in [0.25, 0.3) is 5.57 Å². The van der Waals surface area contributed by atoms with E-state index in [-0.39, 0.29) is 30.0 Å². The number of hydrogen-bond acceptors (Lipinski definition) is 4. The van der Waals surface area contributed by atoms with Crippen LogP contribution in [0.1, 0.15) is 36.4 Å². The number of nitrogens with one attached hydrogen (secondary N) is 2. The molecule has 9 heteroatoms. The first-order valence-electron chi connectivity index (χ1n) is 13.4. The number of morpholine rings is 1. The van der Waals surface area contributed by atoms with Gasteiger partial charge >= 0.3 is 6.03 Å². The number of carbonyl (C=O) groups is 2. The van der Waals surface area contributed by atoms with Crippen molar-refractivity contribution in [2.45, 2.75) is 31.3 Å². The molecule has 0 unspecified atom stereocenters. The van der Waals surface area contributed by atoms with Crippen LogP contribution in [0.15, 0.2) is 54.6 Å². The summed E-state index contributed by atoms with van der Waals surface area (Å²) in [5, 5.41) is 5.80. The van der Waals surface area contributed by atoms with Crippen molar-refractivity contribution in [1.29, 1.82) is 0 Å². The van der Waals surface area contributed by atoms with E-state index in [1.807, 2.05) is 36.4 Å². The Morgan fingerprint density at radius 1 is 1.05 bits per heavy atom. The van der Waals surface area contributed by atoms with Crippen LogP contribution in [-0.2, 0) is 9.53 Å². The summed E-state index contributed by atoms with van der Waals surface area (Å²) in [6, 6.07) is 11.3. The van der Waals surface area contributed by atoms with Gasteiger partial charge in [-0.2, -0.15) is 0 Å². The molecule has 7 nitrogen and oxygen atoms in total. The maximum atomic E-state index is 14.6. The molecule has 2 heterocycles. The Morgan fingerprint density at radius 3 is 2.55 bits per heavy atom. The monoisotopic (exact) mass is 524 g/mol. The van der Waals surface area contributed by atoms with Crippen LogP contribution in [0, 0.1) is 17.6 Å². The number of amides is 3. The van der Waals surface area contributed by atoms with Gasteiger partial charge in [-0.15, -0.1) is 0 Å². The van der Waals surface area contributed by atoms with Gasteiger partial charge in [0.15, 0.2) is 0 Å². The molecule has 3 aliphatic rings. The maximum Gasteiger partial charge on any atom is 0.315 e. The van der Waals surface area contributed by atoms with Gasteiger partial charge in [-0.3, -0.25) is 9.69 Å². The lowest BCUT2D eigenvalue weighted by molar-refractivity contribution is -0.134. The molecule has 2 aromatic rings. The molecule has 0 spiro atoms. The molecule has 2 aromatic carbocycles. The SMILES string of the molecule is O=C(NCCCN1CCOCC1)N[C@H](C(=O)N1CC(c2cc(F)ccc2F)=C[C@H]1c1ccccc1)C1CC1. The third kappa shape index (κ3) is 6.39. The van der Waals surface area contributed by atoms with E-state index in [0.717, 1.165) is 75.9 Å². The van der Waals surface area contributed by atoms with Crippen molar-refractivity contribution in [3.8, 4) is 0 Å². The minimum Gasteiger partial charge on any atom is -0.379 e. The number of hydrogen-bond donors (Lipinski definition) is 2. The second-order valence-electron chi connectivity index (χ2n) is 10.2. The summed E-state index contributed by atoms with van der Waals surface area (Å²) < 4.78 is 34.0. The van der Waals surface area contributed by atoms with E-state index < -0.39 is 23.7 Å². The highest BCUT2D eigenvalue weighted by Gasteiger charge is 2.42. The van der Waals surface area contributed by atoms with Crippen molar-refractivity contribution in [2.75, 3.05) is 45.9 Å². The molecule has 2 atom stereocenters. The zero-order chi connectivity index (χ0) is 26.5. The lowest BCUT2D eigenvalue weighted by atomic mass is 10.0. The molecule has 2 aliphatic heterocycles. The summed E-state index contributed by atoms with van der Waals surface area (Å²) in [6.45, 7) is 4.80. The lowest BCUT2D eigenvalue weighted by Crippen LogP contribution is -2.52. The van der Waals surface area contributed by atoms with Gasteiger partial charge in [-0.1, -0.05) is 36.4 Å². The molecular formula is C29H34F2N4O3. The highest BCUT2D eigenvalue weighted by atomic mass is 19.1. The molecule has 2 fully saturated rings. The Morgan fingerprint density at radius 2 is 1.82 bits per heavy atom.